The van der Waals surface area contributed by atoms with Gasteiger partial charge in [0, 0.05) is 58.7 Å². The molecule has 65 heavy (non-hydrogen) atoms. The first-order valence-corrected chi connectivity index (χ1v) is 23.0. The minimum atomic E-state index is -1.60. The molecule has 0 aliphatic carbocycles. The van der Waals surface area contributed by atoms with E-state index in [2.05, 4.69) is 4.98 Å². The summed E-state index contributed by atoms with van der Waals surface area (Å²) in [6, 6.07) is -0.252. The predicted molar refractivity (Wildman–Crippen MR) is 241 cm³/mol. The van der Waals surface area contributed by atoms with Gasteiger partial charge in [0.2, 0.25) is 0 Å². The molecule has 17 heteroatoms. The van der Waals surface area contributed by atoms with Crippen LogP contribution >= 0.6 is 0 Å². The molecular formula is C48H79N3O14. The normalized spacial score (nSPS) is 35.0. The van der Waals surface area contributed by atoms with Gasteiger partial charge >= 0.3 is 24.0 Å². The number of rotatable bonds is 15. The molecule has 0 amide bonds. The van der Waals surface area contributed by atoms with E-state index >= 15 is 0 Å². The molecule has 1 saturated heterocycles. The molecule has 3 heterocycles. The second-order valence-electron chi connectivity index (χ2n) is 19.1. The number of imidazole rings is 1. The maximum Gasteiger partial charge on any atom is 0.420 e. The lowest BCUT2D eigenvalue weighted by molar-refractivity contribution is -0.290. The van der Waals surface area contributed by atoms with Gasteiger partial charge in [-0.2, -0.15) is 0 Å². The Morgan fingerprint density at radius 3 is 2.14 bits per heavy atom. The third kappa shape index (κ3) is 13.9. The van der Waals surface area contributed by atoms with Crippen LogP contribution in [0.15, 0.2) is 30.4 Å². The number of likely N-dealkylation sites (N-methyl/N-ethyl adjacent to an activating group) is 1. The summed E-state index contributed by atoms with van der Waals surface area (Å²) < 4.78 is 57.7. The molecule has 3 rings (SSSR count). The molecule has 1 fully saturated rings. The summed E-state index contributed by atoms with van der Waals surface area (Å²) in [6.07, 6.45) is -0.986. The minimum absolute atomic E-state index is 0.190. The molecule has 1 unspecified atom stereocenters. The average Bonchev–Trinajstić information content (AvgIpc) is 3.79. The predicted octanol–water partition coefficient (Wildman–Crippen LogP) is 6.58. The van der Waals surface area contributed by atoms with Crippen molar-refractivity contribution in [1.82, 2.24) is 14.5 Å². The fourth-order valence-electron chi connectivity index (χ4n) is 9.58. The Morgan fingerprint density at radius 1 is 0.969 bits per heavy atom. The molecule has 0 saturated carbocycles. The highest BCUT2D eigenvalue weighted by molar-refractivity contribution is 5.96. The van der Waals surface area contributed by atoms with Crippen LogP contribution in [0.4, 0.5) is 4.79 Å². The maximum atomic E-state index is 14.8. The van der Waals surface area contributed by atoms with Gasteiger partial charge < -0.3 is 47.5 Å². The topological polar surface area (TPSA) is 189 Å². The quantitative estimate of drug-likeness (QED) is 0.135. The monoisotopic (exact) mass is 922 g/mol. The second kappa shape index (κ2) is 23.8. The molecule has 370 valence electrons. The first-order valence-electron chi connectivity index (χ1n) is 23.0. The van der Waals surface area contributed by atoms with Gasteiger partial charge in [0.05, 0.1) is 42.5 Å². The van der Waals surface area contributed by atoms with Gasteiger partial charge in [-0.15, -0.1) is 0 Å². The van der Waals surface area contributed by atoms with Crippen LogP contribution in [0.2, 0.25) is 0 Å². The van der Waals surface area contributed by atoms with E-state index in [0.717, 1.165) is 4.57 Å². The molecule has 17 nitrogen and oxygen atoms in total. The molecule has 1 aromatic heterocycles. The number of esters is 3. The summed E-state index contributed by atoms with van der Waals surface area (Å²) in [5, 5.41) is 0. The van der Waals surface area contributed by atoms with Crippen molar-refractivity contribution < 1.29 is 66.6 Å². The van der Waals surface area contributed by atoms with Gasteiger partial charge in [0.15, 0.2) is 29.9 Å². The number of carbonyl (C=O) groups excluding carboxylic acids is 5. The van der Waals surface area contributed by atoms with Gasteiger partial charge in [-0.05, 0) is 98.9 Å². The Morgan fingerprint density at radius 2 is 1.62 bits per heavy atom. The number of aromatic nitrogens is 2. The molecule has 1 aromatic rings. The van der Waals surface area contributed by atoms with Crippen LogP contribution in [0.3, 0.4) is 0 Å². The number of cyclic esters (lactones) is 1. The summed E-state index contributed by atoms with van der Waals surface area (Å²) in [4.78, 5) is 73.8. The number of hydrogen-bond donors (Lipinski definition) is 0. The fraction of sp³-hybridized carbons (Fsp3) is 0.792. The number of ether oxygens (including phenoxy) is 9. The number of nitrogens with zero attached hydrogens (tertiary/aromatic N) is 3. The molecular weight excluding hydrogens is 843 g/mol. The smallest absolute Gasteiger partial charge is 0.420 e. The number of methoxy groups -OCH3 is 2. The molecule has 0 aromatic carbocycles. The van der Waals surface area contributed by atoms with Crippen molar-refractivity contribution in [1.29, 1.82) is 0 Å². The Bertz CT molecular complexity index is 1770. The molecule has 0 radical (unpaired) electrons. The largest absolute Gasteiger partial charge is 0.457 e. The van der Waals surface area contributed by atoms with Crippen LogP contribution in [0.25, 0.3) is 0 Å². The van der Waals surface area contributed by atoms with Crippen molar-refractivity contribution in [3.8, 4) is 0 Å². The maximum absolute atomic E-state index is 14.8. The average molecular weight is 922 g/mol. The zero-order chi connectivity index (χ0) is 49.3. The van der Waals surface area contributed by atoms with E-state index in [1.807, 2.05) is 67.5 Å². The molecule has 2 aliphatic heterocycles. The van der Waals surface area contributed by atoms with Crippen molar-refractivity contribution in [3.05, 3.63) is 30.4 Å². The zero-order valence-corrected chi connectivity index (χ0v) is 42.1. The van der Waals surface area contributed by atoms with Gasteiger partial charge in [-0.3, -0.25) is 19.2 Å². The standard InChI is InChI=1S/C48H79N3O14/c1-19-38-47(13,65-46(56)51-21-20-49-25-51)23-26(2)39(54)30(6)29(5)31(7)40(64-45-42(61-35(11)52)37(50(15)16)22-27(3)60-45)32(8)41(33(9)44(55)63-38)59-28(4)24-48(14,58-18)43(34(10)57-17)62-36(12)53/h20-21,23,25,27-34,37-38,40-43,45H,19,22,24H2,1-18H3/b26-23+/t27-,28-,29?,30-,31+,32-,33-,34+,37+,38-,40+,41+,42-,43+,45+,47+,48-/m1/s1. The summed E-state index contributed by atoms with van der Waals surface area (Å²) in [6.45, 7) is 24.6. The van der Waals surface area contributed by atoms with E-state index in [1.54, 1.807) is 40.7 Å². The van der Waals surface area contributed by atoms with Gasteiger partial charge in [-0.25, -0.2) is 14.3 Å². The van der Waals surface area contributed by atoms with Crippen molar-refractivity contribution in [2.24, 2.45) is 29.6 Å². The van der Waals surface area contributed by atoms with Gasteiger partial charge in [0.1, 0.15) is 18.0 Å². The Kier molecular flexibility index (Phi) is 20.4. The van der Waals surface area contributed by atoms with Crippen molar-refractivity contribution in [3.63, 3.8) is 0 Å². The number of hydrogen-bond acceptors (Lipinski definition) is 16. The first kappa shape index (κ1) is 55.6. The van der Waals surface area contributed by atoms with Gasteiger partial charge in [0.25, 0.3) is 0 Å². The van der Waals surface area contributed by atoms with Crippen molar-refractivity contribution in [2.75, 3.05) is 28.3 Å². The van der Waals surface area contributed by atoms with E-state index in [0.29, 0.717) is 12.0 Å². The molecule has 17 atom stereocenters. The lowest BCUT2D eigenvalue weighted by Gasteiger charge is -2.47. The van der Waals surface area contributed by atoms with E-state index < -0.39 is 108 Å². The molecule has 0 N–H and O–H groups in total. The summed E-state index contributed by atoms with van der Waals surface area (Å²) in [7, 11) is 6.86. The lowest BCUT2D eigenvalue weighted by atomic mass is 9.73. The minimum Gasteiger partial charge on any atom is -0.457 e. The van der Waals surface area contributed by atoms with Crippen LogP contribution in [0.5, 0.6) is 0 Å². The Hall–Kier alpha value is -3.74. The number of ketones is 1. The Balaban J connectivity index is 2.29. The highest BCUT2D eigenvalue weighted by Crippen LogP contribution is 2.40. The van der Waals surface area contributed by atoms with Crippen LogP contribution < -0.4 is 0 Å². The lowest BCUT2D eigenvalue weighted by Crippen LogP contribution is -2.58. The molecule has 0 spiro atoms. The molecule has 0 bridgehead atoms. The summed E-state index contributed by atoms with van der Waals surface area (Å²) in [5.74, 6) is -4.80. The first-order chi connectivity index (χ1) is 30.2. The SMILES string of the molecule is CC[C@H]1OC(=O)[C@H](C)[C@@H](O[C@H](C)C[C@@](C)(OC)[C@@H](OC(C)=O)[C@H](C)OC)[C@H](C)[C@@H](O[C@@H]2O[C@H](C)C[C@H](N(C)C)[C@H]2OC(C)=O)[C@@H](C)C(C)[C@@H](C)C(=O)/C(C)=C/[C@]1(C)OC(=O)n1ccnc1. The highest BCUT2D eigenvalue weighted by atomic mass is 16.7. The zero-order valence-electron chi connectivity index (χ0n) is 42.1. The van der Waals surface area contributed by atoms with E-state index in [-0.39, 0.29) is 36.7 Å². The molecule has 2 aliphatic rings. The fourth-order valence-corrected chi connectivity index (χ4v) is 9.58. The third-order valence-electron chi connectivity index (χ3n) is 13.7. The number of Topliss-reactive ketones (excluding diaryl/α,β-unsaturated/α-hetero) is 1. The van der Waals surface area contributed by atoms with E-state index in [1.165, 1.54) is 46.8 Å². The van der Waals surface area contributed by atoms with Gasteiger partial charge in [-0.1, -0.05) is 34.6 Å². The summed E-state index contributed by atoms with van der Waals surface area (Å²) in [5.41, 5.74) is -2.40. The van der Waals surface area contributed by atoms with Crippen molar-refractivity contribution >= 4 is 29.8 Å². The second-order valence-corrected chi connectivity index (χ2v) is 19.1. The number of allylic oxidation sites excluding steroid dienone is 1. The van der Waals surface area contributed by atoms with Crippen LogP contribution in [0.1, 0.15) is 116 Å². The van der Waals surface area contributed by atoms with Crippen LogP contribution in [-0.2, 0) is 61.8 Å². The van der Waals surface area contributed by atoms with E-state index in [9.17, 15) is 24.0 Å². The number of carbonyl (C=O) groups is 5. The van der Waals surface area contributed by atoms with Crippen molar-refractivity contribution in [2.45, 2.75) is 189 Å². The van der Waals surface area contributed by atoms with Crippen LogP contribution in [0, 0.1) is 29.6 Å². The van der Waals surface area contributed by atoms with Crippen LogP contribution in [-0.4, -0.2) is 145 Å². The highest BCUT2D eigenvalue weighted by Gasteiger charge is 2.50. The van der Waals surface area contributed by atoms with E-state index in [4.69, 9.17) is 42.6 Å². The Labute approximate surface area is 386 Å². The summed E-state index contributed by atoms with van der Waals surface area (Å²) >= 11 is 0. The third-order valence-corrected chi connectivity index (χ3v) is 13.7.